The highest BCUT2D eigenvalue weighted by Crippen LogP contribution is 2.09. The van der Waals surface area contributed by atoms with E-state index in [2.05, 4.69) is 27.4 Å². The van der Waals surface area contributed by atoms with E-state index in [-0.39, 0.29) is 6.54 Å². The number of aliphatic hydroxyl groups is 1. The first kappa shape index (κ1) is 9.00. The summed E-state index contributed by atoms with van der Waals surface area (Å²) in [6, 6.07) is 3.55. The van der Waals surface area contributed by atoms with Crippen LogP contribution in [0.2, 0.25) is 0 Å². The molecule has 0 saturated carbocycles. The molecule has 1 atom stereocenters. The van der Waals surface area contributed by atoms with Gasteiger partial charge in [0.15, 0.2) is 0 Å². The highest BCUT2D eigenvalue weighted by atomic mass is 32.1. The molecule has 0 aliphatic rings. The summed E-state index contributed by atoms with van der Waals surface area (Å²) < 4.78 is 0. The van der Waals surface area contributed by atoms with Crippen LogP contribution in [-0.4, -0.2) is 21.8 Å². The van der Waals surface area contributed by atoms with Gasteiger partial charge in [0.1, 0.15) is 6.10 Å². The predicted molar refractivity (Wildman–Crippen MR) is 49.1 cm³/mol. The second kappa shape index (κ2) is 4.72. The summed E-state index contributed by atoms with van der Waals surface area (Å²) in [5.41, 5.74) is 0.742. The number of nitrogens with zero attached hydrogens (tertiary/aromatic N) is 2. The van der Waals surface area contributed by atoms with Gasteiger partial charge >= 0.3 is 0 Å². The number of hydrogen-bond acceptors (Lipinski definition) is 4. The second-order valence-electron chi connectivity index (χ2n) is 2.23. The minimum absolute atomic E-state index is 0.245. The Balaban J connectivity index is 2.65. The molecule has 0 fully saturated rings. The van der Waals surface area contributed by atoms with Gasteiger partial charge < -0.3 is 5.11 Å². The van der Waals surface area contributed by atoms with Crippen molar-refractivity contribution in [3.63, 3.8) is 0 Å². The van der Waals surface area contributed by atoms with E-state index in [1.165, 1.54) is 0 Å². The number of hydrogen-bond donors (Lipinski definition) is 1. The molecule has 1 N–H and O–H groups in total. The third-order valence-electron chi connectivity index (χ3n) is 1.40. The fraction of sp³-hybridized carbons (Fsp3) is 0.250. The van der Waals surface area contributed by atoms with E-state index >= 15 is 0 Å². The van der Waals surface area contributed by atoms with Gasteiger partial charge in [-0.05, 0) is 18.3 Å². The largest absolute Gasteiger partial charge is 0.386 e. The number of isothiocyanates is 1. The van der Waals surface area contributed by atoms with Crippen molar-refractivity contribution in [2.24, 2.45) is 4.99 Å². The van der Waals surface area contributed by atoms with Gasteiger partial charge in [-0.15, -0.1) is 0 Å². The van der Waals surface area contributed by atoms with Crippen molar-refractivity contribution in [1.29, 1.82) is 0 Å². The lowest BCUT2D eigenvalue weighted by Crippen LogP contribution is -2.00. The molecule has 1 heterocycles. The predicted octanol–water partition coefficient (Wildman–Crippen LogP) is 1.22. The molecule has 1 aromatic rings. The van der Waals surface area contributed by atoms with Crippen LogP contribution in [0.1, 0.15) is 11.7 Å². The van der Waals surface area contributed by atoms with Gasteiger partial charge in [0.2, 0.25) is 0 Å². The maximum absolute atomic E-state index is 9.43. The van der Waals surface area contributed by atoms with Crippen molar-refractivity contribution in [2.45, 2.75) is 6.10 Å². The zero-order valence-electron chi connectivity index (χ0n) is 6.34. The van der Waals surface area contributed by atoms with Gasteiger partial charge in [-0.3, -0.25) is 4.98 Å². The van der Waals surface area contributed by atoms with E-state index in [9.17, 15) is 5.11 Å². The van der Waals surface area contributed by atoms with Crippen molar-refractivity contribution in [3.05, 3.63) is 30.1 Å². The highest BCUT2D eigenvalue weighted by Gasteiger charge is 2.04. The molecule has 0 amide bonds. The Morgan fingerprint density at radius 2 is 2.58 bits per heavy atom. The first-order chi connectivity index (χ1) is 5.84. The molecule has 0 bridgehead atoms. The zero-order valence-corrected chi connectivity index (χ0v) is 7.16. The maximum Gasteiger partial charge on any atom is 0.101 e. The number of thiocarbonyl (C=S) groups is 1. The molecule has 12 heavy (non-hydrogen) atoms. The molecule has 0 radical (unpaired) electrons. The average molecular weight is 180 g/mol. The number of rotatable bonds is 3. The third kappa shape index (κ3) is 2.51. The van der Waals surface area contributed by atoms with Gasteiger partial charge in [-0.1, -0.05) is 6.07 Å². The standard InChI is InChI=1S/C8H8N2OS/c11-8(5-10-6-12)7-2-1-3-9-4-7/h1-4,8,11H,5H2. The summed E-state index contributed by atoms with van der Waals surface area (Å²) in [7, 11) is 0. The van der Waals surface area contributed by atoms with Crippen LogP contribution >= 0.6 is 12.2 Å². The van der Waals surface area contributed by atoms with Crippen LogP contribution in [0.15, 0.2) is 29.5 Å². The van der Waals surface area contributed by atoms with E-state index in [0.29, 0.717) is 0 Å². The van der Waals surface area contributed by atoms with Gasteiger partial charge in [0.05, 0.1) is 11.7 Å². The Bertz CT molecular complexity index is 282. The quantitative estimate of drug-likeness (QED) is 0.562. The molecule has 0 spiro atoms. The van der Waals surface area contributed by atoms with Crippen LogP contribution in [0.3, 0.4) is 0 Å². The Hall–Kier alpha value is -1.09. The van der Waals surface area contributed by atoms with E-state index in [0.717, 1.165) is 5.56 Å². The van der Waals surface area contributed by atoms with Crippen LogP contribution in [0.5, 0.6) is 0 Å². The summed E-state index contributed by atoms with van der Waals surface area (Å²) in [4.78, 5) is 7.50. The molecule has 1 rings (SSSR count). The summed E-state index contributed by atoms with van der Waals surface area (Å²) >= 11 is 4.38. The molecule has 0 aromatic carbocycles. The highest BCUT2D eigenvalue weighted by molar-refractivity contribution is 7.78. The third-order valence-corrected chi connectivity index (χ3v) is 1.53. The zero-order chi connectivity index (χ0) is 8.81. The number of aliphatic hydroxyl groups excluding tert-OH is 1. The van der Waals surface area contributed by atoms with Crippen molar-refractivity contribution >= 4 is 17.4 Å². The van der Waals surface area contributed by atoms with Crippen LogP contribution in [0.4, 0.5) is 0 Å². The van der Waals surface area contributed by atoms with E-state index in [1.807, 2.05) is 0 Å². The summed E-state index contributed by atoms with van der Waals surface area (Å²) in [5, 5.41) is 11.6. The molecule has 0 saturated heterocycles. The van der Waals surface area contributed by atoms with Crippen molar-refractivity contribution in [2.75, 3.05) is 6.54 Å². The lowest BCUT2D eigenvalue weighted by Gasteiger charge is -2.04. The van der Waals surface area contributed by atoms with Crippen LogP contribution in [0, 0.1) is 0 Å². The Morgan fingerprint density at radius 1 is 1.75 bits per heavy atom. The average Bonchev–Trinajstić information content (AvgIpc) is 2.15. The lowest BCUT2D eigenvalue weighted by atomic mass is 10.2. The van der Waals surface area contributed by atoms with Crippen LogP contribution in [0.25, 0.3) is 0 Å². The van der Waals surface area contributed by atoms with E-state index in [4.69, 9.17) is 0 Å². The van der Waals surface area contributed by atoms with Crippen LogP contribution < -0.4 is 0 Å². The normalized spacial score (nSPS) is 11.8. The van der Waals surface area contributed by atoms with E-state index in [1.54, 1.807) is 24.5 Å². The molecular weight excluding hydrogens is 172 g/mol. The first-order valence-electron chi connectivity index (χ1n) is 3.46. The molecule has 0 aliphatic carbocycles. The SMILES string of the molecule is OC(CN=C=S)c1cccnc1. The smallest absolute Gasteiger partial charge is 0.101 e. The lowest BCUT2D eigenvalue weighted by molar-refractivity contribution is 0.187. The van der Waals surface area contributed by atoms with E-state index < -0.39 is 6.10 Å². The molecular formula is C8H8N2OS. The number of aromatic nitrogens is 1. The summed E-state index contributed by atoms with van der Waals surface area (Å²) in [6.45, 7) is 0.245. The topological polar surface area (TPSA) is 45.5 Å². The van der Waals surface area contributed by atoms with Crippen LogP contribution in [-0.2, 0) is 0 Å². The first-order valence-corrected chi connectivity index (χ1v) is 3.87. The molecule has 3 nitrogen and oxygen atoms in total. The molecule has 62 valence electrons. The minimum Gasteiger partial charge on any atom is -0.386 e. The summed E-state index contributed by atoms with van der Waals surface area (Å²) in [5.74, 6) is 0. The number of pyridine rings is 1. The van der Waals surface area contributed by atoms with Crippen molar-refractivity contribution in [3.8, 4) is 0 Å². The molecule has 1 aromatic heterocycles. The van der Waals surface area contributed by atoms with Crippen molar-refractivity contribution in [1.82, 2.24) is 4.98 Å². The van der Waals surface area contributed by atoms with Gasteiger partial charge in [0.25, 0.3) is 0 Å². The Kier molecular flexibility index (Phi) is 3.54. The van der Waals surface area contributed by atoms with Gasteiger partial charge in [-0.2, -0.15) is 0 Å². The summed E-state index contributed by atoms with van der Waals surface area (Å²) in [6.07, 6.45) is 2.62. The molecule has 0 aliphatic heterocycles. The number of aliphatic imine (C=N–C) groups is 1. The monoisotopic (exact) mass is 180 g/mol. The molecule has 1 unspecified atom stereocenters. The Morgan fingerprint density at radius 3 is 3.17 bits per heavy atom. The Labute approximate surface area is 75.8 Å². The molecule has 4 heteroatoms. The van der Waals surface area contributed by atoms with Gasteiger partial charge in [-0.25, -0.2) is 4.99 Å². The minimum atomic E-state index is -0.630. The van der Waals surface area contributed by atoms with Crippen molar-refractivity contribution < 1.29 is 5.11 Å². The second-order valence-corrected chi connectivity index (χ2v) is 2.42. The van der Waals surface area contributed by atoms with Gasteiger partial charge in [0, 0.05) is 18.0 Å². The fourth-order valence-electron chi connectivity index (χ4n) is 0.802. The maximum atomic E-state index is 9.43. The fourth-order valence-corrected chi connectivity index (χ4v) is 0.877.